The molecule has 1 atom stereocenters. The summed E-state index contributed by atoms with van der Waals surface area (Å²) in [5, 5.41) is 16.7. The highest BCUT2D eigenvalue weighted by Crippen LogP contribution is 2.45. The number of ether oxygens (including phenoxy) is 2. The molecule has 8 nitrogen and oxygen atoms in total. The van der Waals surface area contributed by atoms with Crippen molar-refractivity contribution in [2.75, 3.05) is 11.1 Å². The van der Waals surface area contributed by atoms with Crippen LogP contribution in [0.5, 0.6) is 0 Å². The first kappa shape index (κ1) is 26.1. The Bertz CT molecular complexity index is 1630. The Balaban J connectivity index is 1.77. The second-order valence-electron chi connectivity index (χ2n) is 9.29. The number of nitrogens with one attached hydrogen (secondary N) is 1. The topological polar surface area (TPSA) is 110 Å². The van der Waals surface area contributed by atoms with Crippen molar-refractivity contribution in [3.05, 3.63) is 34.1 Å². The van der Waals surface area contributed by atoms with Gasteiger partial charge in [-0.2, -0.15) is 5.26 Å². The average Bonchev–Trinajstić information content (AvgIpc) is 3.45. The van der Waals surface area contributed by atoms with Crippen LogP contribution in [0.2, 0.25) is 5.02 Å². The van der Waals surface area contributed by atoms with Gasteiger partial charge in [-0.1, -0.05) is 30.3 Å². The standard InChI is InChI=1S/C25H23ClN5O3PS2/c1-5-36-23-29-7-12-13-9-33-10-14(13)16(20(35)18(12)30-23)19-17-11(6-27)22(31-24(32)34-25(2,3)4)37-21(17)15(26)8-28-19/h7-8H,5,9-10,35H2,1-4H3,(H,31,32). The van der Waals surface area contributed by atoms with Crippen LogP contribution in [0.15, 0.2) is 17.6 Å². The summed E-state index contributed by atoms with van der Waals surface area (Å²) < 4.78 is 11.9. The number of aromatic nitrogens is 3. The second-order valence-corrected chi connectivity index (χ2v) is 12.5. The zero-order valence-electron chi connectivity index (χ0n) is 20.6. The quantitative estimate of drug-likeness (QED) is 0.170. The number of nitriles is 1. The van der Waals surface area contributed by atoms with Crippen LogP contribution >= 0.6 is 43.9 Å². The summed E-state index contributed by atoms with van der Waals surface area (Å²) in [6.45, 7) is 8.22. The first-order valence-corrected chi connectivity index (χ1v) is 14.2. The third-order valence-electron chi connectivity index (χ3n) is 5.68. The molecule has 0 radical (unpaired) electrons. The Labute approximate surface area is 229 Å². The molecule has 3 aromatic heterocycles. The normalized spacial score (nSPS) is 13.1. The van der Waals surface area contributed by atoms with Gasteiger partial charge in [0.05, 0.1) is 39.7 Å². The summed E-state index contributed by atoms with van der Waals surface area (Å²) >= 11 is 9.34. The molecular weight excluding hydrogens is 549 g/mol. The van der Waals surface area contributed by atoms with E-state index in [1.807, 2.05) is 6.20 Å². The molecule has 37 heavy (non-hydrogen) atoms. The van der Waals surface area contributed by atoms with Crippen LogP contribution < -0.4 is 10.6 Å². The van der Waals surface area contributed by atoms with Crippen LogP contribution in [0.25, 0.3) is 32.2 Å². The number of anilines is 1. The van der Waals surface area contributed by atoms with Crippen LogP contribution in [0.3, 0.4) is 0 Å². The van der Waals surface area contributed by atoms with Crippen molar-refractivity contribution in [2.24, 2.45) is 0 Å². The highest BCUT2D eigenvalue weighted by atomic mass is 35.5. The summed E-state index contributed by atoms with van der Waals surface area (Å²) in [5.41, 5.74) is 3.78. The van der Waals surface area contributed by atoms with Gasteiger partial charge >= 0.3 is 6.09 Å². The molecule has 0 fully saturated rings. The third kappa shape index (κ3) is 4.75. The largest absolute Gasteiger partial charge is 0.444 e. The molecule has 1 aromatic carbocycles. The van der Waals surface area contributed by atoms with Crippen molar-refractivity contribution < 1.29 is 14.3 Å². The molecule has 4 heterocycles. The first-order chi connectivity index (χ1) is 17.6. The van der Waals surface area contributed by atoms with E-state index >= 15 is 0 Å². The monoisotopic (exact) mass is 571 g/mol. The predicted molar refractivity (Wildman–Crippen MR) is 152 cm³/mol. The Morgan fingerprint density at radius 2 is 2.08 bits per heavy atom. The minimum atomic E-state index is -0.686. The number of carbonyl (C=O) groups is 1. The Hall–Kier alpha value is -2.54. The molecule has 190 valence electrons. The Kier molecular flexibility index (Phi) is 7.03. The number of rotatable bonds is 4. The number of pyridine rings is 1. The number of amides is 1. The van der Waals surface area contributed by atoms with Crippen LogP contribution in [0.4, 0.5) is 9.80 Å². The van der Waals surface area contributed by atoms with Gasteiger partial charge in [-0.05, 0) is 37.7 Å². The number of carbonyl (C=O) groups excluding carboxylic acids is 1. The van der Waals surface area contributed by atoms with Gasteiger partial charge in [-0.25, -0.2) is 14.8 Å². The van der Waals surface area contributed by atoms with Gasteiger partial charge in [-0.3, -0.25) is 10.3 Å². The molecule has 5 rings (SSSR count). The van der Waals surface area contributed by atoms with Gasteiger partial charge in [0.2, 0.25) is 0 Å². The van der Waals surface area contributed by atoms with Gasteiger partial charge in [0.15, 0.2) is 5.16 Å². The van der Waals surface area contributed by atoms with Crippen molar-refractivity contribution in [1.29, 1.82) is 5.26 Å². The number of thiophene rings is 1. The maximum Gasteiger partial charge on any atom is 0.412 e. The third-order valence-corrected chi connectivity index (χ3v) is 8.52. The van der Waals surface area contributed by atoms with Gasteiger partial charge in [-0.15, -0.1) is 20.6 Å². The first-order valence-electron chi connectivity index (χ1n) is 11.4. The van der Waals surface area contributed by atoms with E-state index < -0.39 is 11.7 Å². The molecule has 0 saturated heterocycles. The lowest BCUT2D eigenvalue weighted by Gasteiger charge is -2.19. The molecule has 0 saturated carbocycles. The van der Waals surface area contributed by atoms with Crippen molar-refractivity contribution in [3.63, 3.8) is 0 Å². The second kappa shape index (κ2) is 9.97. The summed E-state index contributed by atoms with van der Waals surface area (Å²) in [7, 11) is 2.80. The van der Waals surface area contributed by atoms with Crippen LogP contribution in [-0.2, 0) is 22.7 Å². The van der Waals surface area contributed by atoms with Gasteiger partial charge < -0.3 is 9.47 Å². The summed E-state index contributed by atoms with van der Waals surface area (Å²) in [4.78, 5) is 26.6. The highest BCUT2D eigenvalue weighted by Gasteiger charge is 2.29. The molecule has 1 unspecified atom stereocenters. The summed E-state index contributed by atoms with van der Waals surface area (Å²) in [6, 6.07) is 2.25. The van der Waals surface area contributed by atoms with Crippen molar-refractivity contribution >= 4 is 81.3 Å². The van der Waals surface area contributed by atoms with Gasteiger partial charge in [0.1, 0.15) is 16.7 Å². The Morgan fingerprint density at radius 1 is 1.32 bits per heavy atom. The molecule has 1 N–H and O–H groups in total. The number of thioether (sulfide) groups is 1. The van der Waals surface area contributed by atoms with E-state index in [9.17, 15) is 10.1 Å². The van der Waals surface area contributed by atoms with Gasteiger partial charge in [0, 0.05) is 34.0 Å². The van der Waals surface area contributed by atoms with Crippen LogP contribution in [-0.4, -0.2) is 32.4 Å². The average molecular weight is 572 g/mol. The van der Waals surface area contributed by atoms with Crippen molar-refractivity contribution in [3.8, 4) is 17.3 Å². The van der Waals surface area contributed by atoms with E-state index in [4.69, 9.17) is 31.0 Å². The SMILES string of the molecule is CCSc1ncc2c3c(c(-c4ncc(Cl)c5sc(NC(=O)OC(C)(C)C)c(C#N)c45)c(P)c2n1)COC3. The fourth-order valence-electron chi connectivity index (χ4n) is 4.28. The number of nitrogens with zero attached hydrogens (tertiary/aromatic N) is 4. The summed E-state index contributed by atoms with van der Waals surface area (Å²) in [6.07, 6.45) is 2.78. The number of benzene rings is 1. The minimum absolute atomic E-state index is 0.276. The molecule has 1 amide bonds. The summed E-state index contributed by atoms with van der Waals surface area (Å²) in [5.74, 6) is 0.853. The minimum Gasteiger partial charge on any atom is -0.444 e. The molecule has 12 heteroatoms. The maximum atomic E-state index is 12.5. The van der Waals surface area contributed by atoms with E-state index in [1.54, 1.807) is 38.7 Å². The van der Waals surface area contributed by atoms with E-state index in [0.717, 1.165) is 38.7 Å². The Morgan fingerprint density at radius 3 is 2.78 bits per heavy atom. The number of hydrogen-bond acceptors (Lipinski definition) is 9. The molecule has 0 spiro atoms. The molecule has 1 aliphatic heterocycles. The molecule has 0 aliphatic carbocycles. The lowest BCUT2D eigenvalue weighted by atomic mass is 9.94. The smallest absolute Gasteiger partial charge is 0.412 e. The lowest BCUT2D eigenvalue weighted by molar-refractivity contribution is 0.0636. The molecule has 0 bridgehead atoms. The number of halogens is 1. The lowest BCUT2D eigenvalue weighted by Crippen LogP contribution is -2.27. The molecule has 1 aliphatic rings. The number of fused-ring (bicyclic) bond motifs is 4. The molecule has 4 aromatic rings. The maximum absolute atomic E-state index is 12.5. The van der Waals surface area contributed by atoms with E-state index in [-0.39, 0.29) is 5.56 Å². The zero-order chi connectivity index (χ0) is 26.5. The van der Waals surface area contributed by atoms with Crippen LogP contribution in [0.1, 0.15) is 44.4 Å². The molecular formula is C25H23ClN5O3PS2. The fraction of sp³-hybridized carbons (Fsp3) is 0.320. The fourth-order valence-corrected chi connectivity index (χ4v) is 6.66. The highest BCUT2D eigenvalue weighted by molar-refractivity contribution is 7.99. The van der Waals surface area contributed by atoms with Gasteiger partial charge in [0.25, 0.3) is 0 Å². The predicted octanol–water partition coefficient (Wildman–Crippen LogP) is 6.42. The van der Waals surface area contributed by atoms with Crippen LogP contribution in [0, 0.1) is 11.3 Å². The van der Waals surface area contributed by atoms with E-state index in [1.165, 1.54) is 11.3 Å². The van der Waals surface area contributed by atoms with Crippen molar-refractivity contribution in [1.82, 2.24) is 15.0 Å². The van der Waals surface area contributed by atoms with Crippen molar-refractivity contribution in [2.45, 2.75) is 51.7 Å². The zero-order valence-corrected chi connectivity index (χ0v) is 24.1. The number of hydrogen-bond donors (Lipinski definition) is 1. The van der Waals surface area contributed by atoms with E-state index in [0.29, 0.717) is 44.2 Å². The van der Waals surface area contributed by atoms with E-state index in [2.05, 4.69) is 32.5 Å².